The van der Waals surface area contributed by atoms with Gasteiger partial charge in [0.25, 0.3) is 0 Å². The normalized spacial score (nSPS) is 15.5. The maximum absolute atomic E-state index is 6.20. The Morgan fingerprint density at radius 3 is 2.83 bits per heavy atom. The molecule has 1 aliphatic rings. The molecule has 1 atom stereocenters. The molecule has 0 unspecified atom stereocenters. The van der Waals surface area contributed by atoms with Gasteiger partial charge in [-0.2, -0.15) is 5.10 Å². The highest BCUT2D eigenvalue weighted by molar-refractivity contribution is 6.30. The standard InChI is InChI=1S/C17H18ClN5O/c1-11(22-8-7-19-10-22)17-20-16(12-3-4-12)21-23(17)14-9-13(18)5-6-15(14)24-2/h5-12H,3-4H2,1-2H3/t11-/m0/s1. The van der Waals surface area contributed by atoms with Gasteiger partial charge in [-0.15, -0.1) is 0 Å². The quantitative estimate of drug-likeness (QED) is 0.710. The Bertz CT molecular complexity index is 854. The number of methoxy groups -OCH3 is 1. The summed E-state index contributed by atoms with van der Waals surface area (Å²) in [6, 6.07) is 5.51. The Kier molecular flexibility index (Phi) is 3.76. The topological polar surface area (TPSA) is 57.8 Å². The van der Waals surface area contributed by atoms with Crippen LogP contribution >= 0.6 is 11.6 Å². The van der Waals surface area contributed by atoms with E-state index in [-0.39, 0.29) is 6.04 Å². The van der Waals surface area contributed by atoms with Crippen molar-refractivity contribution in [1.29, 1.82) is 0 Å². The van der Waals surface area contributed by atoms with Gasteiger partial charge in [-0.25, -0.2) is 14.6 Å². The third-order valence-electron chi connectivity index (χ3n) is 4.31. The molecule has 6 nitrogen and oxygen atoms in total. The molecule has 2 heterocycles. The summed E-state index contributed by atoms with van der Waals surface area (Å²) < 4.78 is 9.36. The molecule has 4 rings (SSSR count). The van der Waals surface area contributed by atoms with Crippen LogP contribution < -0.4 is 4.74 Å². The van der Waals surface area contributed by atoms with Crippen molar-refractivity contribution in [2.45, 2.75) is 31.7 Å². The molecule has 0 spiro atoms. The molecule has 1 aliphatic carbocycles. The van der Waals surface area contributed by atoms with Crippen LogP contribution in [0.1, 0.15) is 43.4 Å². The molecule has 0 radical (unpaired) electrons. The summed E-state index contributed by atoms with van der Waals surface area (Å²) in [6.45, 7) is 2.08. The van der Waals surface area contributed by atoms with Crippen LogP contribution in [0, 0.1) is 0 Å². The van der Waals surface area contributed by atoms with Gasteiger partial charge in [-0.3, -0.25) is 0 Å². The van der Waals surface area contributed by atoms with Crippen LogP contribution in [0.5, 0.6) is 5.75 Å². The van der Waals surface area contributed by atoms with E-state index in [1.54, 1.807) is 19.6 Å². The van der Waals surface area contributed by atoms with E-state index in [1.807, 2.05) is 33.6 Å². The van der Waals surface area contributed by atoms with Crippen LogP contribution in [0.3, 0.4) is 0 Å². The van der Waals surface area contributed by atoms with Gasteiger partial charge in [0.1, 0.15) is 11.4 Å². The Hall–Kier alpha value is -2.34. The first-order chi connectivity index (χ1) is 11.7. The lowest BCUT2D eigenvalue weighted by Crippen LogP contribution is -2.13. The van der Waals surface area contributed by atoms with E-state index in [0.29, 0.717) is 16.7 Å². The monoisotopic (exact) mass is 343 g/mol. The summed E-state index contributed by atoms with van der Waals surface area (Å²) in [7, 11) is 1.64. The average molecular weight is 344 g/mol. The fourth-order valence-corrected chi connectivity index (χ4v) is 2.93. The number of hydrogen-bond acceptors (Lipinski definition) is 4. The van der Waals surface area contributed by atoms with Crippen molar-refractivity contribution in [3.8, 4) is 11.4 Å². The SMILES string of the molecule is COc1ccc(Cl)cc1-n1nc(C2CC2)nc1[C@H](C)n1ccnc1. The number of aromatic nitrogens is 5. The van der Waals surface area contributed by atoms with E-state index in [2.05, 4.69) is 11.9 Å². The van der Waals surface area contributed by atoms with Gasteiger partial charge < -0.3 is 9.30 Å². The van der Waals surface area contributed by atoms with Crippen molar-refractivity contribution in [2.24, 2.45) is 0 Å². The van der Waals surface area contributed by atoms with Crippen molar-refractivity contribution in [1.82, 2.24) is 24.3 Å². The number of rotatable bonds is 5. The highest BCUT2D eigenvalue weighted by Crippen LogP contribution is 2.39. The Balaban J connectivity index is 1.86. The highest BCUT2D eigenvalue weighted by atomic mass is 35.5. The third-order valence-corrected chi connectivity index (χ3v) is 4.54. The molecule has 0 saturated heterocycles. The molecular formula is C17H18ClN5O. The minimum atomic E-state index is -0.00353. The molecule has 0 bridgehead atoms. The Labute approximate surface area is 145 Å². The Morgan fingerprint density at radius 2 is 2.17 bits per heavy atom. The summed E-state index contributed by atoms with van der Waals surface area (Å²) in [4.78, 5) is 8.95. The Morgan fingerprint density at radius 1 is 1.33 bits per heavy atom. The summed E-state index contributed by atoms with van der Waals surface area (Å²) in [5.41, 5.74) is 0.798. The van der Waals surface area contributed by atoms with Gasteiger partial charge >= 0.3 is 0 Å². The predicted octanol–water partition coefficient (Wildman–Crippen LogP) is 3.61. The zero-order chi connectivity index (χ0) is 16.7. The summed E-state index contributed by atoms with van der Waals surface area (Å²) >= 11 is 6.20. The van der Waals surface area contributed by atoms with E-state index in [1.165, 1.54) is 0 Å². The van der Waals surface area contributed by atoms with Crippen molar-refractivity contribution in [2.75, 3.05) is 7.11 Å². The molecule has 1 fully saturated rings. The largest absolute Gasteiger partial charge is 0.494 e. The molecule has 7 heteroatoms. The van der Waals surface area contributed by atoms with E-state index >= 15 is 0 Å². The number of halogens is 1. The highest BCUT2D eigenvalue weighted by Gasteiger charge is 2.31. The number of hydrogen-bond donors (Lipinski definition) is 0. The molecule has 2 aromatic heterocycles. The van der Waals surface area contributed by atoms with E-state index < -0.39 is 0 Å². The van der Waals surface area contributed by atoms with Crippen molar-refractivity contribution in [3.05, 3.63) is 53.6 Å². The molecule has 24 heavy (non-hydrogen) atoms. The van der Waals surface area contributed by atoms with Gasteiger partial charge in [0.2, 0.25) is 0 Å². The van der Waals surface area contributed by atoms with Crippen LogP contribution in [-0.4, -0.2) is 31.4 Å². The van der Waals surface area contributed by atoms with Crippen molar-refractivity contribution in [3.63, 3.8) is 0 Å². The zero-order valence-corrected chi connectivity index (χ0v) is 14.3. The zero-order valence-electron chi connectivity index (χ0n) is 13.6. The van der Waals surface area contributed by atoms with Gasteiger partial charge in [-0.05, 0) is 38.0 Å². The van der Waals surface area contributed by atoms with Crippen LogP contribution in [0.4, 0.5) is 0 Å². The fraction of sp³-hybridized carbons (Fsp3) is 0.353. The third kappa shape index (κ3) is 2.67. The molecule has 124 valence electrons. The van der Waals surface area contributed by atoms with Crippen LogP contribution in [0.15, 0.2) is 36.9 Å². The fourth-order valence-electron chi connectivity index (χ4n) is 2.76. The first-order valence-corrected chi connectivity index (χ1v) is 8.33. The molecular weight excluding hydrogens is 326 g/mol. The van der Waals surface area contributed by atoms with Crippen molar-refractivity contribution < 1.29 is 4.74 Å². The average Bonchev–Trinajstić information content (AvgIpc) is 3.13. The van der Waals surface area contributed by atoms with Gasteiger partial charge in [0, 0.05) is 23.3 Å². The first-order valence-electron chi connectivity index (χ1n) is 7.95. The first kappa shape index (κ1) is 15.2. The smallest absolute Gasteiger partial charge is 0.155 e. The van der Waals surface area contributed by atoms with E-state index in [9.17, 15) is 0 Å². The number of ether oxygens (including phenoxy) is 1. The second-order valence-electron chi connectivity index (χ2n) is 6.02. The maximum atomic E-state index is 6.20. The van der Waals surface area contributed by atoms with Gasteiger partial charge in [0.05, 0.1) is 19.5 Å². The molecule has 1 saturated carbocycles. The summed E-state index contributed by atoms with van der Waals surface area (Å²) in [6.07, 6.45) is 7.77. The molecule has 0 amide bonds. The van der Waals surface area contributed by atoms with E-state index in [0.717, 1.165) is 30.2 Å². The summed E-state index contributed by atoms with van der Waals surface area (Å²) in [5, 5.41) is 5.39. The van der Waals surface area contributed by atoms with Crippen LogP contribution in [0.2, 0.25) is 5.02 Å². The second kappa shape index (κ2) is 5.94. The minimum Gasteiger partial charge on any atom is -0.494 e. The summed E-state index contributed by atoms with van der Waals surface area (Å²) in [5.74, 6) is 2.91. The van der Waals surface area contributed by atoms with E-state index in [4.69, 9.17) is 26.4 Å². The maximum Gasteiger partial charge on any atom is 0.155 e. The van der Waals surface area contributed by atoms with Crippen LogP contribution in [0.25, 0.3) is 5.69 Å². The number of nitrogens with zero attached hydrogens (tertiary/aromatic N) is 5. The predicted molar refractivity (Wildman–Crippen MR) is 90.9 cm³/mol. The van der Waals surface area contributed by atoms with Gasteiger partial charge in [-0.1, -0.05) is 11.6 Å². The molecule has 3 aromatic rings. The second-order valence-corrected chi connectivity index (χ2v) is 6.45. The molecule has 0 N–H and O–H groups in total. The lowest BCUT2D eigenvalue weighted by Gasteiger charge is -2.15. The lowest BCUT2D eigenvalue weighted by molar-refractivity contribution is 0.410. The lowest BCUT2D eigenvalue weighted by atomic mass is 10.2. The van der Waals surface area contributed by atoms with Crippen molar-refractivity contribution >= 4 is 11.6 Å². The molecule has 1 aromatic carbocycles. The van der Waals surface area contributed by atoms with Gasteiger partial charge in [0.15, 0.2) is 11.6 Å². The number of imidazole rings is 1. The molecule has 0 aliphatic heterocycles. The number of benzene rings is 1. The minimum absolute atomic E-state index is 0.00353. The van der Waals surface area contributed by atoms with Crippen LogP contribution in [-0.2, 0) is 0 Å².